The fourth-order valence-corrected chi connectivity index (χ4v) is 3.36. The van der Waals surface area contributed by atoms with Crippen LogP contribution in [0.3, 0.4) is 0 Å². The number of nitrogens with one attached hydrogen (secondary N) is 2. The van der Waals surface area contributed by atoms with Gasteiger partial charge in [0.2, 0.25) is 5.88 Å². The number of ether oxygens (including phenoxy) is 1. The van der Waals surface area contributed by atoms with Gasteiger partial charge >= 0.3 is 5.76 Å². The van der Waals surface area contributed by atoms with Gasteiger partial charge in [-0.1, -0.05) is 12.1 Å². The maximum absolute atomic E-state index is 12.6. The number of para-hydroxylation sites is 1. The van der Waals surface area contributed by atoms with Crippen LogP contribution in [0, 0.1) is 3.57 Å². The Morgan fingerprint density at radius 3 is 2.75 bits per heavy atom. The zero-order valence-electron chi connectivity index (χ0n) is 12.2. The summed E-state index contributed by atoms with van der Waals surface area (Å²) in [4.78, 5) is 18.1. The predicted molar refractivity (Wildman–Crippen MR) is 91.9 cm³/mol. The first-order valence-corrected chi connectivity index (χ1v) is 9.07. The molecule has 0 unspecified atom stereocenters. The largest absolute Gasteiger partial charge is 0.481 e. The summed E-state index contributed by atoms with van der Waals surface area (Å²) in [5, 5.41) is 0. The van der Waals surface area contributed by atoms with Crippen molar-refractivity contribution in [1.29, 1.82) is 0 Å². The van der Waals surface area contributed by atoms with Crippen LogP contribution in [-0.2, 0) is 16.4 Å². The van der Waals surface area contributed by atoms with Crippen molar-refractivity contribution in [3.05, 3.63) is 49.6 Å². The molecule has 24 heavy (non-hydrogen) atoms. The van der Waals surface area contributed by atoms with Crippen LogP contribution in [0.1, 0.15) is 11.4 Å². The van der Waals surface area contributed by atoms with Crippen molar-refractivity contribution in [3.63, 3.8) is 0 Å². The molecule has 0 radical (unpaired) electrons. The quantitative estimate of drug-likeness (QED) is 0.628. The van der Waals surface area contributed by atoms with Gasteiger partial charge in [-0.3, -0.25) is 9.52 Å². The van der Waals surface area contributed by atoms with Crippen molar-refractivity contribution in [2.24, 2.45) is 0 Å². The average molecular weight is 471 g/mol. The van der Waals surface area contributed by atoms with Crippen molar-refractivity contribution in [2.45, 2.75) is 12.2 Å². The summed E-state index contributed by atoms with van der Waals surface area (Å²) < 4.78 is 55.3. The van der Waals surface area contributed by atoms with E-state index in [1.165, 1.54) is 7.11 Å². The van der Waals surface area contributed by atoms with Crippen LogP contribution in [0.25, 0.3) is 0 Å². The summed E-state index contributed by atoms with van der Waals surface area (Å²) in [5.41, 5.74) is -0.0522. The smallest absolute Gasteiger partial charge is 0.355 e. The molecule has 2 rings (SSSR count). The SMILES string of the molecule is COc1cc(=O)[nH]c(Cc2cccc(I)c2NS(=O)(=O)C(F)F)n1. The lowest BCUT2D eigenvalue weighted by molar-refractivity contribution is 0.236. The van der Waals surface area contributed by atoms with Gasteiger partial charge in [0.15, 0.2) is 0 Å². The Morgan fingerprint density at radius 1 is 1.42 bits per heavy atom. The monoisotopic (exact) mass is 471 g/mol. The number of methoxy groups -OCH3 is 1. The molecule has 0 saturated heterocycles. The van der Waals surface area contributed by atoms with E-state index in [-0.39, 0.29) is 23.8 Å². The maximum atomic E-state index is 12.6. The number of benzene rings is 1. The van der Waals surface area contributed by atoms with Crippen LogP contribution in [0.2, 0.25) is 0 Å². The van der Waals surface area contributed by atoms with Crippen LogP contribution in [0.15, 0.2) is 29.1 Å². The Hall–Kier alpha value is -1.76. The lowest BCUT2D eigenvalue weighted by Crippen LogP contribution is -2.22. The molecule has 1 aromatic heterocycles. The van der Waals surface area contributed by atoms with E-state index in [0.29, 0.717) is 9.13 Å². The van der Waals surface area contributed by atoms with Crippen molar-refractivity contribution >= 4 is 38.3 Å². The molecule has 2 N–H and O–H groups in total. The molecule has 0 bridgehead atoms. The molecule has 0 aliphatic heterocycles. The number of hydrogen-bond donors (Lipinski definition) is 2. The minimum atomic E-state index is -4.81. The Labute approximate surface area is 149 Å². The van der Waals surface area contributed by atoms with Crippen LogP contribution in [-0.4, -0.2) is 31.3 Å². The van der Waals surface area contributed by atoms with Crippen LogP contribution >= 0.6 is 22.6 Å². The highest BCUT2D eigenvalue weighted by Crippen LogP contribution is 2.27. The van der Waals surface area contributed by atoms with Crippen LogP contribution < -0.4 is 15.0 Å². The molecule has 7 nitrogen and oxygen atoms in total. The van der Waals surface area contributed by atoms with E-state index in [1.54, 1.807) is 18.2 Å². The summed E-state index contributed by atoms with van der Waals surface area (Å²) in [7, 11) is -3.47. The number of anilines is 1. The highest BCUT2D eigenvalue weighted by atomic mass is 127. The third-order valence-corrected chi connectivity index (χ3v) is 4.77. The second-order valence-electron chi connectivity index (χ2n) is 4.59. The highest BCUT2D eigenvalue weighted by molar-refractivity contribution is 14.1. The zero-order valence-corrected chi connectivity index (χ0v) is 15.2. The molecule has 130 valence electrons. The molecule has 0 amide bonds. The van der Waals surface area contributed by atoms with Gasteiger partial charge in [-0.25, -0.2) is 8.42 Å². The van der Waals surface area contributed by atoms with Gasteiger partial charge in [0, 0.05) is 9.99 Å². The number of aromatic nitrogens is 2. The summed E-state index contributed by atoms with van der Waals surface area (Å²) in [6.07, 6.45) is 0.0182. The summed E-state index contributed by atoms with van der Waals surface area (Å²) in [6.45, 7) is 0. The highest BCUT2D eigenvalue weighted by Gasteiger charge is 2.25. The molecular formula is C13H12F2IN3O4S. The second-order valence-corrected chi connectivity index (χ2v) is 7.41. The van der Waals surface area contributed by atoms with Gasteiger partial charge in [0.1, 0.15) is 5.82 Å². The number of alkyl halides is 2. The molecule has 2 aromatic rings. The maximum Gasteiger partial charge on any atom is 0.355 e. The van der Waals surface area contributed by atoms with E-state index in [9.17, 15) is 22.0 Å². The van der Waals surface area contributed by atoms with Crippen molar-refractivity contribution < 1.29 is 21.9 Å². The molecule has 0 atom stereocenters. The lowest BCUT2D eigenvalue weighted by Gasteiger charge is -2.14. The molecule has 0 fully saturated rings. The van der Waals surface area contributed by atoms with Gasteiger partial charge in [-0.2, -0.15) is 13.8 Å². The van der Waals surface area contributed by atoms with E-state index in [0.717, 1.165) is 6.07 Å². The van der Waals surface area contributed by atoms with E-state index in [1.807, 2.05) is 27.3 Å². The second kappa shape index (κ2) is 7.42. The number of H-pyrrole nitrogens is 1. The van der Waals surface area contributed by atoms with Gasteiger partial charge in [0.25, 0.3) is 15.6 Å². The molecule has 0 saturated carbocycles. The first-order valence-electron chi connectivity index (χ1n) is 6.44. The zero-order chi connectivity index (χ0) is 17.9. The number of halogens is 3. The van der Waals surface area contributed by atoms with Gasteiger partial charge in [-0.15, -0.1) is 0 Å². The fourth-order valence-electron chi connectivity index (χ4n) is 1.87. The Morgan fingerprint density at radius 2 is 2.12 bits per heavy atom. The predicted octanol–water partition coefficient (Wildman–Crippen LogP) is 1.94. The van der Waals surface area contributed by atoms with Crippen molar-refractivity contribution in [3.8, 4) is 5.88 Å². The molecule has 0 aliphatic rings. The lowest BCUT2D eigenvalue weighted by atomic mass is 10.1. The number of aromatic amines is 1. The Bertz CT molecular complexity index is 902. The normalized spacial score (nSPS) is 11.5. The Kier molecular flexibility index (Phi) is 5.74. The summed E-state index contributed by atoms with van der Waals surface area (Å²) in [5.74, 6) is -3.26. The fraction of sp³-hybridized carbons (Fsp3) is 0.231. The first kappa shape index (κ1) is 18.6. The summed E-state index contributed by atoms with van der Waals surface area (Å²) >= 11 is 1.82. The number of hydrogen-bond acceptors (Lipinski definition) is 5. The van der Waals surface area contributed by atoms with E-state index in [2.05, 4.69) is 9.97 Å². The van der Waals surface area contributed by atoms with E-state index < -0.39 is 21.3 Å². The van der Waals surface area contributed by atoms with Crippen LogP contribution in [0.5, 0.6) is 5.88 Å². The number of sulfonamides is 1. The van der Waals surface area contributed by atoms with E-state index in [4.69, 9.17) is 4.74 Å². The van der Waals surface area contributed by atoms with Crippen LogP contribution in [0.4, 0.5) is 14.5 Å². The van der Waals surface area contributed by atoms with Crippen molar-refractivity contribution in [2.75, 3.05) is 11.8 Å². The molecule has 11 heteroatoms. The molecular weight excluding hydrogens is 459 g/mol. The average Bonchev–Trinajstić information content (AvgIpc) is 2.50. The van der Waals surface area contributed by atoms with E-state index >= 15 is 0 Å². The third kappa shape index (κ3) is 4.41. The van der Waals surface area contributed by atoms with Crippen molar-refractivity contribution in [1.82, 2.24) is 9.97 Å². The molecule has 1 aromatic carbocycles. The topological polar surface area (TPSA) is 101 Å². The van der Waals surface area contributed by atoms with Gasteiger partial charge in [0.05, 0.1) is 18.9 Å². The summed E-state index contributed by atoms with van der Waals surface area (Å²) in [6, 6.07) is 5.90. The standard InChI is InChI=1S/C13H12F2IN3O4S/c1-23-11-6-10(20)17-9(18-11)5-7-3-2-4-8(16)12(7)19-24(21,22)13(14)15/h2-4,6,13,19H,5H2,1H3,(H,17,18,20). The minimum absolute atomic E-state index is 0.0175. The number of rotatable bonds is 6. The Balaban J connectivity index is 2.43. The van der Waals surface area contributed by atoms with Gasteiger partial charge in [-0.05, 0) is 34.2 Å². The molecule has 0 spiro atoms. The number of nitrogens with zero attached hydrogens (tertiary/aromatic N) is 1. The third-order valence-electron chi connectivity index (χ3n) is 2.91. The first-order chi connectivity index (χ1) is 11.2. The minimum Gasteiger partial charge on any atom is -0.481 e. The van der Waals surface area contributed by atoms with Gasteiger partial charge < -0.3 is 9.72 Å². The molecule has 0 aliphatic carbocycles. The molecule has 1 heterocycles.